The van der Waals surface area contributed by atoms with Crippen LogP contribution in [0, 0.1) is 6.92 Å². The molecule has 0 aliphatic heterocycles. The summed E-state index contributed by atoms with van der Waals surface area (Å²) in [7, 11) is -4.54. The third kappa shape index (κ3) is 5.74. The average Bonchev–Trinajstić information content (AvgIpc) is 2.84. The molecule has 1 aliphatic rings. The smallest absolute Gasteiger partial charge is 0.295 e. The SMILES string of the molecule is CCN(CC)c1ccc(C(=C2C=CC(=[N+](CC)CC)C=C2)c2cc(O)c(C)cc2S(=O)(=O)O)cc1. The summed E-state index contributed by atoms with van der Waals surface area (Å²) in [5, 5.41) is 10.5. The number of phenols is 1. The zero-order chi connectivity index (χ0) is 25.8. The van der Waals surface area contributed by atoms with E-state index in [1.165, 1.54) is 12.1 Å². The molecule has 0 aromatic heterocycles. The molecule has 2 aromatic rings. The Morgan fingerprint density at radius 3 is 1.97 bits per heavy atom. The number of benzene rings is 2. The number of allylic oxidation sites excluding steroid dienone is 5. The van der Waals surface area contributed by atoms with Crippen molar-refractivity contribution in [2.45, 2.75) is 39.5 Å². The van der Waals surface area contributed by atoms with Gasteiger partial charge in [-0.05, 0) is 93.3 Å². The minimum absolute atomic E-state index is 0.0376. The van der Waals surface area contributed by atoms with Crippen molar-refractivity contribution < 1.29 is 22.7 Å². The molecule has 2 N–H and O–H groups in total. The maximum atomic E-state index is 12.4. The third-order valence-electron chi connectivity index (χ3n) is 6.41. The molecule has 1 aliphatic carbocycles. The fourth-order valence-electron chi connectivity index (χ4n) is 4.41. The number of aromatic hydroxyl groups is 1. The maximum absolute atomic E-state index is 12.4. The molecule has 0 fully saturated rings. The van der Waals surface area contributed by atoms with Crippen molar-refractivity contribution in [2.75, 3.05) is 31.1 Å². The summed E-state index contributed by atoms with van der Waals surface area (Å²) in [6.07, 6.45) is 7.92. The average molecular weight is 496 g/mol. The highest BCUT2D eigenvalue weighted by atomic mass is 32.2. The molecule has 0 unspecified atom stereocenters. The van der Waals surface area contributed by atoms with Crippen LogP contribution < -0.4 is 4.90 Å². The van der Waals surface area contributed by atoms with Crippen molar-refractivity contribution in [1.29, 1.82) is 0 Å². The summed E-state index contributed by atoms with van der Waals surface area (Å²) in [5.41, 5.74) is 4.93. The second-order valence-corrected chi connectivity index (χ2v) is 9.81. The Hall–Kier alpha value is -3.16. The van der Waals surface area contributed by atoms with Gasteiger partial charge in [0, 0.05) is 36.5 Å². The highest BCUT2D eigenvalue weighted by molar-refractivity contribution is 7.86. The van der Waals surface area contributed by atoms with Gasteiger partial charge >= 0.3 is 0 Å². The molecule has 0 saturated heterocycles. The van der Waals surface area contributed by atoms with Crippen LogP contribution in [0.3, 0.4) is 0 Å². The molecule has 0 heterocycles. The number of aryl methyl sites for hydroxylation is 1. The fraction of sp³-hybridized carbons (Fsp3) is 0.321. The summed E-state index contributed by atoms with van der Waals surface area (Å²) >= 11 is 0. The number of hydrogen-bond donors (Lipinski definition) is 2. The van der Waals surface area contributed by atoms with E-state index in [0.29, 0.717) is 11.1 Å². The summed E-state index contributed by atoms with van der Waals surface area (Å²) in [5.74, 6) is -0.0376. The predicted octanol–water partition coefficient (Wildman–Crippen LogP) is 5.21. The number of nitrogens with zero attached hydrogens (tertiary/aromatic N) is 2. The molecule has 0 amide bonds. The molecular weight excluding hydrogens is 460 g/mol. The first-order valence-corrected chi connectivity index (χ1v) is 13.5. The second-order valence-electron chi connectivity index (χ2n) is 8.42. The quantitative estimate of drug-likeness (QED) is 0.388. The lowest BCUT2D eigenvalue weighted by Gasteiger charge is -2.22. The standard InChI is InChI=1S/C28H34N2O4S/c1-6-29(7-2)23-14-10-21(11-15-23)28(22-12-16-24(17-13-22)30(8-3)9-4)25-19-26(31)20(5)18-27(25)35(32,33)34/h10-19H,6-9H2,1-5H3,(H-,31,32,33,34)/p+1. The van der Waals surface area contributed by atoms with Gasteiger partial charge in [-0.1, -0.05) is 12.1 Å². The number of anilines is 1. The van der Waals surface area contributed by atoms with Crippen LogP contribution in [0.5, 0.6) is 5.75 Å². The topological polar surface area (TPSA) is 80.8 Å². The largest absolute Gasteiger partial charge is 0.508 e. The summed E-state index contributed by atoms with van der Waals surface area (Å²) in [6, 6.07) is 10.7. The van der Waals surface area contributed by atoms with Crippen molar-refractivity contribution in [3.05, 3.63) is 83.0 Å². The Balaban J connectivity index is 2.31. The first-order valence-electron chi connectivity index (χ1n) is 12.0. The number of phenolic OH excluding ortho intramolecular Hbond substituents is 1. The van der Waals surface area contributed by atoms with E-state index in [0.717, 1.165) is 48.7 Å². The molecule has 3 rings (SSSR count). The summed E-state index contributed by atoms with van der Waals surface area (Å²) in [6.45, 7) is 13.5. The molecule has 186 valence electrons. The van der Waals surface area contributed by atoms with Crippen LogP contribution in [0.4, 0.5) is 5.69 Å². The van der Waals surface area contributed by atoms with Crippen molar-refractivity contribution in [3.63, 3.8) is 0 Å². The van der Waals surface area contributed by atoms with Crippen LogP contribution in [-0.2, 0) is 10.1 Å². The molecule has 0 bridgehead atoms. The zero-order valence-electron chi connectivity index (χ0n) is 21.1. The molecular formula is C28H35N2O4S+. The van der Waals surface area contributed by atoms with Crippen LogP contribution in [0.2, 0.25) is 0 Å². The first-order chi connectivity index (χ1) is 16.6. The molecule has 35 heavy (non-hydrogen) atoms. The number of hydrogen-bond acceptors (Lipinski definition) is 4. The fourth-order valence-corrected chi connectivity index (χ4v) is 5.18. The Morgan fingerprint density at radius 1 is 0.914 bits per heavy atom. The molecule has 0 radical (unpaired) electrons. The summed E-state index contributed by atoms with van der Waals surface area (Å²) < 4.78 is 37.0. The van der Waals surface area contributed by atoms with Crippen LogP contribution in [0.1, 0.15) is 44.4 Å². The lowest BCUT2D eigenvalue weighted by atomic mass is 9.90. The van der Waals surface area contributed by atoms with Crippen LogP contribution >= 0.6 is 0 Å². The van der Waals surface area contributed by atoms with E-state index in [1.54, 1.807) is 6.92 Å². The normalized spacial score (nSPS) is 13.3. The van der Waals surface area contributed by atoms with Gasteiger partial charge in [0.05, 0.1) is 0 Å². The van der Waals surface area contributed by atoms with E-state index < -0.39 is 10.1 Å². The second kappa shape index (κ2) is 11.1. The third-order valence-corrected chi connectivity index (χ3v) is 7.31. The lowest BCUT2D eigenvalue weighted by Crippen LogP contribution is -2.21. The van der Waals surface area contributed by atoms with Gasteiger partial charge in [0.15, 0.2) is 5.71 Å². The first kappa shape index (κ1) is 26.4. The van der Waals surface area contributed by atoms with Gasteiger partial charge in [-0.15, -0.1) is 0 Å². The zero-order valence-corrected chi connectivity index (χ0v) is 21.9. The molecule has 6 nitrogen and oxygen atoms in total. The van der Waals surface area contributed by atoms with Crippen LogP contribution in [0.15, 0.2) is 71.2 Å². The van der Waals surface area contributed by atoms with Gasteiger partial charge in [0.1, 0.15) is 23.7 Å². The minimum Gasteiger partial charge on any atom is -0.508 e. The van der Waals surface area contributed by atoms with Crippen molar-refractivity contribution in [3.8, 4) is 5.75 Å². The lowest BCUT2D eigenvalue weighted by molar-refractivity contribution is -0.519. The van der Waals surface area contributed by atoms with Gasteiger partial charge < -0.3 is 10.0 Å². The van der Waals surface area contributed by atoms with Crippen molar-refractivity contribution >= 4 is 27.1 Å². The maximum Gasteiger partial charge on any atom is 0.295 e. The highest BCUT2D eigenvalue weighted by Gasteiger charge is 2.24. The van der Waals surface area contributed by atoms with Gasteiger partial charge in [-0.25, -0.2) is 4.58 Å². The Labute approximate surface area is 209 Å². The van der Waals surface area contributed by atoms with Gasteiger partial charge in [0.2, 0.25) is 0 Å². The molecule has 2 aromatic carbocycles. The monoisotopic (exact) mass is 495 g/mol. The van der Waals surface area contributed by atoms with E-state index >= 15 is 0 Å². The Bertz CT molecular complexity index is 1290. The highest BCUT2D eigenvalue weighted by Crippen LogP contribution is 2.37. The molecule has 0 saturated carbocycles. The van der Waals surface area contributed by atoms with E-state index in [1.807, 2.05) is 48.6 Å². The predicted molar refractivity (Wildman–Crippen MR) is 143 cm³/mol. The Morgan fingerprint density at radius 2 is 1.49 bits per heavy atom. The van der Waals surface area contributed by atoms with E-state index in [2.05, 4.69) is 37.2 Å². The minimum atomic E-state index is -4.54. The van der Waals surface area contributed by atoms with Crippen molar-refractivity contribution in [1.82, 2.24) is 0 Å². The van der Waals surface area contributed by atoms with E-state index in [-0.39, 0.29) is 16.2 Å². The van der Waals surface area contributed by atoms with Crippen molar-refractivity contribution in [2.24, 2.45) is 0 Å². The summed E-state index contributed by atoms with van der Waals surface area (Å²) in [4.78, 5) is 1.99. The van der Waals surface area contributed by atoms with Gasteiger partial charge in [-0.3, -0.25) is 4.55 Å². The van der Waals surface area contributed by atoms with Crippen LogP contribution in [0.25, 0.3) is 5.57 Å². The van der Waals surface area contributed by atoms with E-state index in [4.69, 9.17) is 0 Å². The number of rotatable bonds is 8. The Kier molecular flexibility index (Phi) is 8.35. The van der Waals surface area contributed by atoms with Gasteiger partial charge in [-0.2, -0.15) is 8.42 Å². The molecule has 0 spiro atoms. The van der Waals surface area contributed by atoms with Gasteiger partial charge in [0.25, 0.3) is 10.1 Å². The molecule has 7 heteroatoms. The molecule has 0 atom stereocenters. The van der Waals surface area contributed by atoms with Crippen LogP contribution in [-0.4, -0.2) is 54.5 Å². The van der Waals surface area contributed by atoms with E-state index in [9.17, 15) is 18.1 Å².